The van der Waals surface area contributed by atoms with Gasteiger partial charge in [-0.3, -0.25) is 10.1 Å². The van der Waals surface area contributed by atoms with Crippen molar-refractivity contribution in [2.75, 3.05) is 12.4 Å². The van der Waals surface area contributed by atoms with Crippen LogP contribution in [0.4, 0.5) is 11.4 Å². The number of methoxy groups -OCH3 is 1. The third-order valence-corrected chi connectivity index (χ3v) is 2.54. The largest absolute Gasteiger partial charge is 0.467 e. The number of rotatable bonds is 2. The number of esters is 1. The van der Waals surface area contributed by atoms with Crippen LogP contribution in [0.1, 0.15) is 5.56 Å². The van der Waals surface area contributed by atoms with Gasteiger partial charge in [0.25, 0.3) is 5.69 Å². The highest BCUT2D eigenvalue weighted by Gasteiger charge is 2.28. The minimum atomic E-state index is -0.465. The monoisotopic (exact) mass is 222 g/mol. The molecular formula is C10H10N2O4. The fraction of sp³-hybridized carbons (Fsp3) is 0.300. The van der Waals surface area contributed by atoms with Crippen LogP contribution in [-0.2, 0) is 16.0 Å². The zero-order chi connectivity index (χ0) is 11.7. The van der Waals surface area contributed by atoms with Gasteiger partial charge in [0, 0.05) is 24.2 Å². The van der Waals surface area contributed by atoms with Crippen LogP contribution in [0.3, 0.4) is 0 Å². The zero-order valence-corrected chi connectivity index (χ0v) is 8.60. The van der Waals surface area contributed by atoms with E-state index in [-0.39, 0.29) is 11.7 Å². The summed E-state index contributed by atoms with van der Waals surface area (Å²) in [4.78, 5) is 21.4. The normalized spacial score (nSPS) is 17.4. The van der Waals surface area contributed by atoms with E-state index in [0.29, 0.717) is 12.1 Å². The molecule has 0 unspecified atom stereocenters. The van der Waals surface area contributed by atoms with Crippen LogP contribution in [0.5, 0.6) is 0 Å². The maximum atomic E-state index is 11.3. The first-order chi connectivity index (χ1) is 7.61. The van der Waals surface area contributed by atoms with E-state index in [1.807, 2.05) is 0 Å². The van der Waals surface area contributed by atoms with Crippen molar-refractivity contribution in [1.29, 1.82) is 0 Å². The fourth-order valence-corrected chi connectivity index (χ4v) is 1.73. The van der Waals surface area contributed by atoms with Crippen LogP contribution in [0.2, 0.25) is 0 Å². The smallest absolute Gasteiger partial charge is 0.328 e. The van der Waals surface area contributed by atoms with Gasteiger partial charge in [0.2, 0.25) is 0 Å². The average Bonchev–Trinajstić information content (AvgIpc) is 2.70. The van der Waals surface area contributed by atoms with E-state index in [2.05, 4.69) is 10.1 Å². The number of carbonyl (C=O) groups excluding carboxylic acids is 1. The molecule has 0 saturated carbocycles. The lowest BCUT2D eigenvalue weighted by molar-refractivity contribution is -0.384. The SMILES string of the molecule is COC(=O)[C@@H]1Cc2ccc([N+](=O)[O-])cc2N1. The Hall–Kier alpha value is -2.11. The van der Waals surface area contributed by atoms with Crippen molar-refractivity contribution in [1.82, 2.24) is 0 Å². The van der Waals surface area contributed by atoms with Crippen LogP contribution < -0.4 is 5.32 Å². The molecular weight excluding hydrogens is 212 g/mol. The van der Waals surface area contributed by atoms with E-state index in [1.165, 1.54) is 19.2 Å². The van der Waals surface area contributed by atoms with Crippen molar-refractivity contribution >= 4 is 17.3 Å². The maximum Gasteiger partial charge on any atom is 0.328 e. The Morgan fingerprint density at radius 3 is 3.00 bits per heavy atom. The second-order valence-electron chi connectivity index (χ2n) is 3.52. The highest BCUT2D eigenvalue weighted by Crippen LogP contribution is 2.29. The molecule has 0 radical (unpaired) electrons. The zero-order valence-electron chi connectivity index (χ0n) is 8.60. The number of ether oxygens (including phenoxy) is 1. The maximum absolute atomic E-state index is 11.3. The Bertz CT molecular complexity index is 458. The summed E-state index contributed by atoms with van der Waals surface area (Å²) in [5.74, 6) is -0.362. The summed E-state index contributed by atoms with van der Waals surface area (Å²) in [7, 11) is 1.31. The average molecular weight is 222 g/mol. The molecule has 0 aliphatic carbocycles. The van der Waals surface area contributed by atoms with Crippen molar-refractivity contribution in [2.45, 2.75) is 12.5 Å². The summed E-state index contributed by atoms with van der Waals surface area (Å²) in [6.07, 6.45) is 0.500. The molecule has 1 aromatic rings. The number of benzene rings is 1. The van der Waals surface area contributed by atoms with Gasteiger partial charge in [0.15, 0.2) is 0 Å². The number of hydrogen-bond acceptors (Lipinski definition) is 5. The number of nitrogens with one attached hydrogen (secondary N) is 1. The van der Waals surface area contributed by atoms with E-state index in [0.717, 1.165) is 5.56 Å². The first-order valence-corrected chi connectivity index (χ1v) is 4.73. The van der Waals surface area contributed by atoms with Crippen LogP contribution in [0, 0.1) is 10.1 Å². The van der Waals surface area contributed by atoms with Crippen molar-refractivity contribution in [3.63, 3.8) is 0 Å². The van der Waals surface area contributed by atoms with E-state index >= 15 is 0 Å². The van der Waals surface area contributed by atoms with Gasteiger partial charge in [0.1, 0.15) is 6.04 Å². The van der Waals surface area contributed by atoms with Crippen molar-refractivity contribution in [3.8, 4) is 0 Å². The van der Waals surface area contributed by atoms with Crippen molar-refractivity contribution in [2.24, 2.45) is 0 Å². The van der Waals surface area contributed by atoms with Crippen LogP contribution in [0.15, 0.2) is 18.2 Å². The second-order valence-corrected chi connectivity index (χ2v) is 3.52. The highest BCUT2D eigenvalue weighted by atomic mass is 16.6. The molecule has 6 nitrogen and oxygen atoms in total. The summed E-state index contributed by atoms with van der Waals surface area (Å²) < 4.78 is 4.61. The molecule has 84 valence electrons. The molecule has 1 aliphatic heterocycles. The molecule has 0 bridgehead atoms. The molecule has 0 spiro atoms. The molecule has 1 aromatic carbocycles. The molecule has 1 aliphatic rings. The number of hydrogen-bond donors (Lipinski definition) is 1. The molecule has 6 heteroatoms. The minimum absolute atomic E-state index is 0.0109. The van der Waals surface area contributed by atoms with Gasteiger partial charge in [-0.25, -0.2) is 4.79 Å². The van der Waals surface area contributed by atoms with E-state index in [4.69, 9.17) is 0 Å². The first-order valence-electron chi connectivity index (χ1n) is 4.73. The Morgan fingerprint density at radius 1 is 1.62 bits per heavy atom. The molecule has 0 aromatic heterocycles. The third-order valence-electron chi connectivity index (χ3n) is 2.54. The molecule has 0 amide bonds. The van der Waals surface area contributed by atoms with Crippen LogP contribution in [-0.4, -0.2) is 24.0 Å². The van der Waals surface area contributed by atoms with E-state index < -0.39 is 11.0 Å². The topological polar surface area (TPSA) is 81.5 Å². The van der Waals surface area contributed by atoms with Gasteiger partial charge in [0.05, 0.1) is 12.0 Å². The van der Waals surface area contributed by atoms with Gasteiger partial charge >= 0.3 is 5.97 Å². The molecule has 1 atom stereocenters. The first kappa shape index (κ1) is 10.4. The standard InChI is InChI=1S/C10H10N2O4/c1-16-10(13)9-4-6-2-3-7(12(14)15)5-8(6)11-9/h2-3,5,9,11H,4H2,1H3/t9-/m0/s1. The molecule has 16 heavy (non-hydrogen) atoms. The minimum Gasteiger partial charge on any atom is -0.467 e. The Kier molecular flexibility index (Phi) is 2.47. The fourth-order valence-electron chi connectivity index (χ4n) is 1.73. The summed E-state index contributed by atoms with van der Waals surface area (Å²) in [5.41, 5.74) is 1.53. The third kappa shape index (κ3) is 1.69. The van der Waals surface area contributed by atoms with Gasteiger partial charge in [-0.15, -0.1) is 0 Å². The number of anilines is 1. The number of nitrogens with zero attached hydrogens (tertiary/aromatic N) is 1. The molecule has 1 heterocycles. The quantitative estimate of drug-likeness (QED) is 0.460. The number of nitro benzene ring substituents is 1. The van der Waals surface area contributed by atoms with E-state index in [1.54, 1.807) is 6.07 Å². The lowest BCUT2D eigenvalue weighted by atomic mass is 10.1. The Morgan fingerprint density at radius 2 is 2.38 bits per heavy atom. The second kappa shape index (κ2) is 3.80. The van der Waals surface area contributed by atoms with Crippen LogP contribution >= 0.6 is 0 Å². The van der Waals surface area contributed by atoms with Gasteiger partial charge in [-0.2, -0.15) is 0 Å². The molecule has 0 fully saturated rings. The molecule has 2 rings (SSSR count). The Balaban J connectivity index is 2.24. The highest BCUT2D eigenvalue weighted by molar-refractivity contribution is 5.83. The van der Waals surface area contributed by atoms with Gasteiger partial charge < -0.3 is 10.1 Å². The van der Waals surface area contributed by atoms with Gasteiger partial charge in [-0.05, 0) is 5.56 Å². The number of carbonyl (C=O) groups is 1. The lowest BCUT2D eigenvalue weighted by Crippen LogP contribution is -2.27. The van der Waals surface area contributed by atoms with Crippen LogP contribution in [0.25, 0.3) is 0 Å². The summed E-state index contributed by atoms with van der Waals surface area (Å²) in [6.45, 7) is 0. The summed E-state index contributed by atoms with van der Waals surface area (Å²) in [5, 5.41) is 13.5. The van der Waals surface area contributed by atoms with Gasteiger partial charge in [-0.1, -0.05) is 6.07 Å². The summed E-state index contributed by atoms with van der Waals surface area (Å²) >= 11 is 0. The number of fused-ring (bicyclic) bond motifs is 1. The predicted molar refractivity (Wildman–Crippen MR) is 56.2 cm³/mol. The van der Waals surface area contributed by atoms with Crippen molar-refractivity contribution < 1.29 is 14.5 Å². The predicted octanol–water partition coefficient (Wildman–Crippen LogP) is 1.10. The Labute approximate surface area is 91.4 Å². The van der Waals surface area contributed by atoms with E-state index in [9.17, 15) is 14.9 Å². The number of non-ortho nitro benzene ring substituents is 1. The molecule has 1 N–H and O–H groups in total. The molecule has 0 saturated heterocycles. The lowest BCUT2D eigenvalue weighted by Gasteiger charge is -2.07. The summed E-state index contributed by atoms with van der Waals surface area (Å²) in [6, 6.07) is 4.07. The van der Waals surface area contributed by atoms with Crippen molar-refractivity contribution in [3.05, 3.63) is 33.9 Å². The number of nitro groups is 1.